The second-order valence-electron chi connectivity index (χ2n) is 5.17. The largest absolute Gasteiger partial charge is 0.378 e. The van der Waals surface area contributed by atoms with Crippen molar-refractivity contribution in [2.45, 2.75) is 18.9 Å². The summed E-state index contributed by atoms with van der Waals surface area (Å²) >= 11 is 0. The van der Waals surface area contributed by atoms with Gasteiger partial charge in [0.1, 0.15) is 0 Å². The summed E-state index contributed by atoms with van der Waals surface area (Å²) in [5, 5.41) is 3.72. The van der Waals surface area contributed by atoms with E-state index in [4.69, 9.17) is 5.53 Å². The van der Waals surface area contributed by atoms with Crippen molar-refractivity contribution in [1.29, 1.82) is 0 Å². The van der Waals surface area contributed by atoms with Crippen molar-refractivity contribution in [3.8, 4) is 0 Å². The number of piperidine rings is 1. The quantitative estimate of drug-likeness (QED) is 0.482. The molecule has 0 N–H and O–H groups in total. The van der Waals surface area contributed by atoms with Crippen LogP contribution in [0.5, 0.6) is 0 Å². The zero-order valence-corrected chi connectivity index (χ0v) is 11.9. The van der Waals surface area contributed by atoms with E-state index in [-0.39, 0.29) is 11.9 Å². The van der Waals surface area contributed by atoms with Gasteiger partial charge in [-0.25, -0.2) is 0 Å². The molecule has 0 spiro atoms. The van der Waals surface area contributed by atoms with Crippen molar-refractivity contribution < 1.29 is 4.79 Å². The lowest BCUT2D eigenvalue weighted by Gasteiger charge is -2.30. The molecule has 1 amide bonds. The first-order valence-corrected chi connectivity index (χ1v) is 6.72. The minimum atomic E-state index is 0.0251. The molecule has 1 fully saturated rings. The van der Waals surface area contributed by atoms with Crippen LogP contribution in [0.2, 0.25) is 0 Å². The Morgan fingerprint density at radius 3 is 2.70 bits per heavy atom. The zero-order valence-electron chi connectivity index (χ0n) is 11.9. The van der Waals surface area contributed by atoms with E-state index in [1.54, 1.807) is 0 Å². The number of amides is 1. The standard InChI is InChI=1S/C14H19N5O/c1-18(2)13-5-3-4-11(10-13)14(20)19-8-6-12(7-9-19)16-17-15/h3-5,10,12H,6-9H2,1-2H3. The molecule has 20 heavy (non-hydrogen) atoms. The monoisotopic (exact) mass is 273 g/mol. The van der Waals surface area contributed by atoms with Crippen molar-refractivity contribution in [3.05, 3.63) is 40.3 Å². The van der Waals surface area contributed by atoms with Gasteiger partial charge in [0.05, 0.1) is 0 Å². The van der Waals surface area contributed by atoms with Gasteiger partial charge in [0.15, 0.2) is 0 Å². The van der Waals surface area contributed by atoms with Crippen molar-refractivity contribution in [3.63, 3.8) is 0 Å². The van der Waals surface area contributed by atoms with Crippen molar-refractivity contribution in [2.75, 3.05) is 32.1 Å². The van der Waals surface area contributed by atoms with Crippen molar-refractivity contribution >= 4 is 11.6 Å². The molecule has 0 aliphatic carbocycles. The molecule has 1 aromatic rings. The molecule has 1 saturated heterocycles. The van der Waals surface area contributed by atoms with E-state index in [1.807, 2.05) is 48.2 Å². The predicted molar refractivity (Wildman–Crippen MR) is 78.8 cm³/mol. The highest BCUT2D eigenvalue weighted by atomic mass is 16.2. The average Bonchev–Trinajstić information content (AvgIpc) is 2.48. The SMILES string of the molecule is CN(C)c1cccc(C(=O)N2CCC(N=[N+]=[N-])CC2)c1. The lowest BCUT2D eigenvalue weighted by molar-refractivity contribution is 0.0715. The second-order valence-corrected chi connectivity index (χ2v) is 5.17. The predicted octanol–water partition coefficient (Wildman–Crippen LogP) is 2.67. The first-order valence-electron chi connectivity index (χ1n) is 6.72. The molecule has 6 heteroatoms. The maximum atomic E-state index is 12.4. The Bertz CT molecular complexity index is 528. The highest BCUT2D eigenvalue weighted by Crippen LogP contribution is 2.19. The van der Waals surface area contributed by atoms with Crippen LogP contribution in [-0.2, 0) is 0 Å². The summed E-state index contributed by atoms with van der Waals surface area (Å²) < 4.78 is 0. The van der Waals surface area contributed by atoms with E-state index in [0.29, 0.717) is 18.7 Å². The zero-order chi connectivity index (χ0) is 14.5. The lowest BCUT2D eigenvalue weighted by atomic mass is 10.0. The topological polar surface area (TPSA) is 72.3 Å². The number of hydrogen-bond donors (Lipinski definition) is 0. The molecule has 2 rings (SSSR count). The summed E-state index contributed by atoms with van der Waals surface area (Å²) in [6.45, 7) is 1.30. The van der Waals surface area contributed by atoms with E-state index in [9.17, 15) is 4.79 Å². The molecule has 1 aliphatic heterocycles. The van der Waals surface area contributed by atoms with E-state index >= 15 is 0 Å². The molecule has 0 aromatic heterocycles. The van der Waals surface area contributed by atoms with Gasteiger partial charge in [0.25, 0.3) is 5.91 Å². The third kappa shape index (κ3) is 3.22. The number of carbonyl (C=O) groups is 1. The molecule has 6 nitrogen and oxygen atoms in total. The van der Waals surface area contributed by atoms with E-state index in [0.717, 1.165) is 18.5 Å². The maximum Gasteiger partial charge on any atom is 0.253 e. The van der Waals surface area contributed by atoms with Crippen LogP contribution in [0.15, 0.2) is 29.4 Å². The molecule has 0 saturated carbocycles. The van der Waals surface area contributed by atoms with Crippen LogP contribution in [0, 0.1) is 0 Å². The van der Waals surface area contributed by atoms with Crippen LogP contribution in [0.25, 0.3) is 10.4 Å². The number of anilines is 1. The highest BCUT2D eigenvalue weighted by molar-refractivity contribution is 5.95. The third-order valence-electron chi connectivity index (χ3n) is 3.58. The van der Waals surface area contributed by atoms with Gasteiger partial charge in [0, 0.05) is 49.4 Å². The van der Waals surface area contributed by atoms with Gasteiger partial charge in [-0.05, 0) is 36.6 Å². The maximum absolute atomic E-state index is 12.4. The van der Waals surface area contributed by atoms with Crippen LogP contribution in [0.4, 0.5) is 5.69 Å². The Morgan fingerprint density at radius 2 is 2.10 bits per heavy atom. The van der Waals surface area contributed by atoms with Crippen LogP contribution in [0.1, 0.15) is 23.2 Å². The Kier molecular flexibility index (Phi) is 4.48. The molecular formula is C14H19N5O. The fraction of sp³-hybridized carbons (Fsp3) is 0.500. The third-order valence-corrected chi connectivity index (χ3v) is 3.58. The Hall–Kier alpha value is -2.20. The Labute approximate surface area is 118 Å². The van der Waals surface area contributed by atoms with E-state index in [1.165, 1.54) is 0 Å². The van der Waals surface area contributed by atoms with Gasteiger partial charge in [-0.1, -0.05) is 11.2 Å². The van der Waals surface area contributed by atoms with Gasteiger partial charge in [-0.15, -0.1) is 0 Å². The molecule has 1 aliphatic rings. The van der Waals surface area contributed by atoms with Crippen molar-refractivity contribution in [1.82, 2.24) is 4.90 Å². The summed E-state index contributed by atoms with van der Waals surface area (Å²) in [6, 6.07) is 7.65. The van der Waals surface area contributed by atoms with E-state index < -0.39 is 0 Å². The summed E-state index contributed by atoms with van der Waals surface area (Å²) in [4.78, 5) is 19.1. The summed E-state index contributed by atoms with van der Waals surface area (Å²) in [5.74, 6) is 0.0492. The number of carbonyl (C=O) groups excluding carboxylic acids is 1. The van der Waals surface area contributed by atoms with Gasteiger partial charge >= 0.3 is 0 Å². The molecule has 0 unspecified atom stereocenters. The Morgan fingerprint density at radius 1 is 1.40 bits per heavy atom. The number of benzene rings is 1. The van der Waals surface area contributed by atoms with Gasteiger partial charge in [-0.3, -0.25) is 4.79 Å². The van der Waals surface area contributed by atoms with Crippen LogP contribution in [-0.4, -0.2) is 44.0 Å². The summed E-state index contributed by atoms with van der Waals surface area (Å²) in [7, 11) is 3.91. The lowest BCUT2D eigenvalue weighted by Crippen LogP contribution is -2.39. The minimum absolute atomic E-state index is 0.0251. The van der Waals surface area contributed by atoms with Gasteiger partial charge in [-0.2, -0.15) is 0 Å². The first kappa shape index (κ1) is 14.2. The van der Waals surface area contributed by atoms with Crippen LogP contribution in [0.3, 0.4) is 0 Å². The summed E-state index contributed by atoms with van der Waals surface area (Å²) in [5.41, 5.74) is 10.1. The molecule has 0 atom stereocenters. The number of hydrogen-bond acceptors (Lipinski definition) is 3. The summed E-state index contributed by atoms with van der Waals surface area (Å²) in [6.07, 6.45) is 1.48. The molecule has 106 valence electrons. The first-order chi connectivity index (χ1) is 9.61. The van der Waals surface area contributed by atoms with Gasteiger partial charge in [0.2, 0.25) is 0 Å². The number of nitrogens with zero attached hydrogens (tertiary/aromatic N) is 5. The molecule has 0 radical (unpaired) electrons. The molecular weight excluding hydrogens is 254 g/mol. The minimum Gasteiger partial charge on any atom is -0.378 e. The highest BCUT2D eigenvalue weighted by Gasteiger charge is 2.23. The number of rotatable bonds is 3. The van der Waals surface area contributed by atoms with Crippen molar-refractivity contribution in [2.24, 2.45) is 5.11 Å². The Balaban J connectivity index is 2.05. The fourth-order valence-corrected chi connectivity index (χ4v) is 2.36. The average molecular weight is 273 g/mol. The smallest absolute Gasteiger partial charge is 0.253 e. The van der Waals surface area contributed by atoms with Crippen LogP contribution < -0.4 is 4.90 Å². The van der Waals surface area contributed by atoms with E-state index in [2.05, 4.69) is 10.0 Å². The number of likely N-dealkylation sites (tertiary alicyclic amines) is 1. The number of azide groups is 1. The normalized spacial score (nSPS) is 15.6. The molecule has 0 bridgehead atoms. The molecule has 1 heterocycles. The van der Waals surface area contributed by atoms with Crippen LogP contribution >= 0.6 is 0 Å². The fourth-order valence-electron chi connectivity index (χ4n) is 2.36. The molecule has 1 aromatic carbocycles. The van der Waals surface area contributed by atoms with Gasteiger partial charge < -0.3 is 9.80 Å². The second kappa shape index (κ2) is 6.30.